The Kier molecular flexibility index (Phi) is 4.18. The number of allylic oxidation sites excluding steroid dienone is 2. The van der Waals surface area contributed by atoms with Crippen LogP contribution in [0.15, 0.2) is 29.8 Å². The van der Waals surface area contributed by atoms with Crippen LogP contribution in [0, 0.1) is 11.7 Å². The summed E-state index contributed by atoms with van der Waals surface area (Å²) in [6.07, 6.45) is 5.16. The molecule has 1 atom stereocenters. The van der Waals surface area contributed by atoms with E-state index in [-0.39, 0.29) is 17.2 Å². The number of rotatable bonds is 3. The zero-order valence-electron chi connectivity index (χ0n) is 10.4. The molecule has 0 radical (unpaired) electrons. The third-order valence-electron chi connectivity index (χ3n) is 3.38. The first kappa shape index (κ1) is 13.3. The number of carbonyl (C=O) groups excluding carboxylic acids is 1. The molecule has 1 unspecified atom stereocenters. The van der Waals surface area contributed by atoms with Gasteiger partial charge in [-0.05, 0) is 48.4 Å². The molecule has 3 heteroatoms. The maximum absolute atomic E-state index is 13.3. The van der Waals surface area contributed by atoms with E-state index in [9.17, 15) is 9.18 Å². The second-order valence-electron chi connectivity index (χ2n) is 4.96. The van der Waals surface area contributed by atoms with Gasteiger partial charge in [0.05, 0.1) is 5.02 Å². The lowest BCUT2D eigenvalue weighted by Crippen LogP contribution is -2.12. The van der Waals surface area contributed by atoms with Crippen molar-refractivity contribution in [2.75, 3.05) is 0 Å². The zero-order valence-corrected chi connectivity index (χ0v) is 11.1. The van der Waals surface area contributed by atoms with Crippen molar-refractivity contribution < 1.29 is 9.18 Å². The fourth-order valence-electron chi connectivity index (χ4n) is 2.17. The van der Waals surface area contributed by atoms with E-state index in [1.54, 1.807) is 6.07 Å². The zero-order chi connectivity index (χ0) is 13.1. The third-order valence-corrected chi connectivity index (χ3v) is 3.69. The van der Waals surface area contributed by atoms with Crippen molar-refractivity contribution in [3.8, 4) is 0 Å². The van der Waals surface area contributed by atoms with E-state index in [4.69, 9.17) is 11.6 Å². The van der Waals surface area contributed by atoms with E-state index >= 15 is 0 Å². The summed E-state index contributed by atoms with van der Waals surface area (Å²) in [5.74, 6) is 0.298. The summed E-state index contributed by atoms with van der Waals surface area (Å²) in [6.45, 7) is 2.19. The Morgan fingerprint density at radius 1 is 1.50 bits per heavy atom. The largest absolute Gasteiger partial charge is 0.294 e. The summed E-state index contributed by atoms with van der Waals surface area (Å²) < 4.78 is 13.3. The molecule has 0 fully saturated rings. The van der Waals surface area contributed by atoms with Crippen LogP contribution in [0.2, 0.25) is 5.02 Å². The molecule has 1 aromatic rings. The lowest BCUT2D eigenvalue weighted by atomic mass is 9.88. The molecule has 0 saturated carbocycles. The van der Waals surface area contributed by atoms with Crippen molar-refractivity contribution in [3.63, 3.8) is 0 Å². The Morgan fingerprint density at radius 3 is 2.89 bits per heavy atom. The summed E-state index contributed by atoms with van der Waals surface area (Å²) in [4.78, 5) is 12.0. The van der Waals surface area contributed by atoms with Gasteiger partial charge in [0, 0.05) is 6.42 Å². The minimum absolute atomic E-state index is 0.0944. The van der Waals surface area contributed by atoms with Crippen LogP contribution in [0.4, 0.5) is 4.39 Å². The molecule has 0 saturated heterocycles. The van der Waals surface area contributed by atoms with Gasteiger partial charge >= 0.3 is 0 Å². The number of ketones is 1. The van der Waals surface area contributed by atoms with Gasteiger partial charge in [-0.3, -0.25) is 4.79 Å². The predicted octanol–water partition coefficient (Wildman–Crippen LogP) is 4.34. The van der Waals surface area contributed by atoms with Gasteiger partial charge in [0.25, 0.3) is 0 Å². The summed E-state index contributed by atoms with van der Waals surface area (Å²) in [6, 6.07) is 4.54. The molecule has 0 heterocycles. The second-order valence-corrected chi connectivity index (χ2v) is 5.36. The molecule has 0 aliphatic heterocycles. The van der Waals surface area contributed by atoms with E-state index in [0.717, 1.165) is 24.8 Å². The van der Waals surface area contributed by atoms with Crippen LogP contribution in [0.3, 0.4) is 0 Å². The molecule has 1 aliphatic rings. The normalized spacial score (nSPS) is 19.5. The first-order chi connectivity index (χ1) is 8.56. The van der Waals surface area contributed by atoms with Crippen LogP contribution in [-0.4, -0.2) is 5.78 Å². The standard InChI is InChI=1S/C15H16ClFO/c1-10-2-5-12(6-3-10)15(18)9-11-4-7-13(16)14(17)8-11/h4-5,7-8,10H,2-3,6,9H2,1H3. The van der Waals surface area contributed by atoms with E-state index in [1.807, 2.05) is 6.08 Å². The number of Topliss-reactive ketones (excluding diaryl/α,β-unsaturated/α-hetero) is 1. The third kappa shape index (κ3) is 3.20. The van der Waals surface area contributed by atoms with Crippen LogP contribution >= 0.6 is 11.6 Å². The molecule has 0 N–H and O–H groups in total. The molecule has 18 heavy (non-hydrogen) atoms. The highest BCUT2D eigenvalue weighted by Crippen LogP contribution is 2.24. The van der Waals surface area contributed by atoms with Crippen molar-refractivity contribution in [1.82, 2.24) is 0 Å². The molecule has 1 nitrogen and oxygen atoms in total. The molecular formula is C15H16ClFO. The highest BCUT2D eigenvalue weighted by molar-refractivity contribution is 6.30. The van der Waals surface area contributed by atoms with Gasteiger partial charge in [0.2, 0.25) is 0 Å². The van der Waals surface area contributed by atoms with Gasteiger partial charge in [-0.15, -0.1) is 0 Å². The van der Waals surface area contributed by atoms with Crippen molar-refractivity contribution in [1.29, 1.82) is 0 Å². The summed E-state index contributed by atoms with van der Waals surface area (Å²) in [5, 5.41) is 0.0944. The van der Waals surface area contributed by atoms with Gasteiger partial charge in [-0.25, -0.2) is 4.39 Å². The Bertz CT molecular complexity index is 493. The second kappa shape index (κ2) is 5.66. The van der Waals surface area contributed by atoms with Crippen LogP contribution < -0.4 is 0 Å². The number of hydrogen-bond acceptors (Lipinski definition) is 1. The topological polar surface area (TPSA) is 17.1 Å². The summed E-state index contributed by atoms with van der Waals surface area (Å²) in [5.41, 5.74) is 1.57. The Labute approximate surface area is 112 Å². The predicted molar refractivity (Wildman–Crippen MR) is 71.2 cm³/mol. The molecule has 0 aromatic heterocycles. The van der Waals surface area contributed by atoms with Gasteiger partial charge in [0.15, 0.2) is 5.78 Å². The van der Waals surface area contributed by atoms with Crippen LogP contribution in [0.25, 0.3) is 0 Å². The molecule has 96 valence electrons. The molecule has 1 aromatic carbocycles. The van der Waals surface area contributed by atoms with Gasteiger partial charge in [-0.1, -0.05) is 30.7 Å². The van der Waals surface area contributed by atoms with E-state index in [2.05, 4.69) is 6.92 Å². The van der Waals surface area contributed by atoms with Crippen LogP contribution in [-0.2, 0) is 11.2 Å². The average Bonchev–Trinajstić information content (AvgIpc) is 2.34. The maximum Gasteiger partial charge on any atom is 0.162 e. The molecule has 0 spiro atoms. The highest BCUT2D eigenvalue weighted by atomic mass is 35.5. The fraction of sp³-hybridized carbons (Fsp3) is 0.400. The van der Waals surface area contributed by atoms with E-state index < -0.39 is 5.82 Å². The molecule has 0 amide bonds. The molecular weight excluding hydrogens is 251 g/mol. The minimum Gasteiger partial charge on any atom is -0.294 e. The Balaban J connectivity index is 2.05. The monoisotopic (exact) mass is 266 g/mol. The molecule has 0 bridgehead atoms. The highest BCUT2D eigenvalue weighted by Gasteiger charge is 2.16. The SMILES string of the molecule is CC1CC=C(C(=O)Cc2ccc(Cl)c(F)c2)CC1. The van der Waals surface area contributed by atoms with Crippen molar-refractivity contribution in [2.45, 2.75) is 32.6 Å². The maximum atomic E-state index is 13.3. The van der Waals surface area contributed by atoms with E-state index in [0.29, 0.717) is 11.5 Å². The van der Waals surface area contributed by atoms with Crippen molar-refractivity contribution in [3.05, 3.63) is 46.3 Å². The summed E-state index contributed by atoms with van der Waals surface area (Å²) in [7, 11) is 0. The van der Waals surface area contributed by atoms with Gasteiger partial charge in [-0.2, -0.15) is 0 Å². The Hall–Kier alpha value is -1.15. The lowest BCUT2D eigenvalue weighted by Gasteiger charge is -2.17. The van der Waals surface area contributed by atoms with Crippen molar-refractivity contribution in [2.24, 2.45) is 5.92 Å². The van der Waals surface area contributed by atoms with E-state index in [1.165, 1.54) is 12.1 Å². The van der Waals surface area contributed by atoms with Crippen LogP contribution in [0.5, 0.6) is 0 Å². The molecule has 1 aliphatic carbocycles. The lowest BCUT2D eigenvalue weighted by molar-refractivity contribution is -0.115. The summed E-state index contributed by atoms with van der Waals surface area (Å²) >= 11 is 5.61. The van der Waals surface area contributed by atoms with Crippen molar-refractivity contribution >= 4 is 17.4 Å². The quantitative estimate of drug-likeness (QED) is 0.795. The first-order valence-electron chi connectivity index (χ1n) is 6.22. The van der Waals surface area contributed by atoms with Gasteiger partial charge < -0.3 is 0 Å². The minimum atomic E-state index is -0.465. The average molecular weight is 267 g/mol. The number of benzene rings is 1. The smallest absolute Gasteiger partial charge is 0.162 e. The number of hydrogen-bond donors (Lipinski definition) is 0. The number of carbonyl (C=O) groups is 1. The Morgan fingerprint density at radius 2 is 2.28 bits per heavy atom. The van der Waals surface area contributed by atoms with Gasteiger partial charge in [0.1, 0.15) is 5.82 Å². The first-order valence-corrected chi connectivity index (χ1v) is 6.60. The number of halogens is 2. The molecule has 2 rings (SSSR count). The fourth-order valence-corrected chi connectivity index (χ4v) is 2.28. The van der Waals surface area contributed by atoms with Crippen LogP contribution in [0.1, 0.15) is 31.7 Å².